The lowest BCUT2D eigenvalue weighted by atomic mass is 10.0. The molecular weight excluding hydrogens is 246 g/mol. The fourth-order valence-electron chi connectivity index (χ4n) is 2.23. The van der Waals surface area contributed by atoms with Gasteiger partial charge in [-0.05, 0) is 40.0 Å². The minimum absolute atomic E-state index is 0.141. The number of nitrogens with zero attached hydrogens (tertiary/aromatic N) is 1. The molecule has 0 spiro atoms. The molecule has 2 saturated heterocycles. The monoisotopic (exact) mass is 271 g/mol. The summed E-state index contributed by atoms with van der Waals surface area (Å²) in [5.74, 6) is 0. The molecule has 0 radical (unpaired) electrons. The molecular formula is C14H25NO4. The van der Waals surface area contributed by atoms with Gasteiger partial charge in [0.25, 0.3) is 0 Å². The van der Waals surface area contributed by atoms with Crippen LogP contribution < -0.4 is 0 Å². The molecule has 0 saturated carbocycles. The lowest BCUT2D eigenvalue weighted by molar-refractivity contribution is -0.00905. The van der Waals surface area contributed by atoms with E-state index in [1.54, 1.807) is 0 Å². The fraction of sp³-hybridized carbons (Fsp3) is 0.929. The van der Waals surface area contributed by atoms with Crippen LogP contribution in [-0.2, 0) is 14.2 Å². The topological polar surface area (TPSA) is 51.3 Å². The molecule has 2 heterocycles. The van der Waals surface area contributed by atoms with Crippen LogP contribution in [0.25, 0.3) is 0 Å². The number of ether oxygens (including phenoxy) is 3. The summed E-state index contributed by atoms with van der Waals surface area (Å²) >= 11 is 0. The smallest absolute Gasteiger partial charge is 0.410 e. The number of amides is 1. The van der Waals surface area contributed by atoms with Gasteiger partial charge >= 0.3 is 6.09 Å². The van der Waals surface area contributed by atoms with E-state index in [1.807, 2.05) is 25.7 Å². The Bertz CT molecular complexity index is 309. The first-order valence-corrected chi connectivity index (χ1v) is 7.15. The van der Waals surface area contributed by atoms with Crippen molar-refractivity contribution in [2.24, 2.45) is 0 Å². The van der Waals surface area contributed by atoms with Crippen molar-refractivity contribution in [3.05, 3.63) is 0 Å². The minimum Gasteiger partial charge on any atom is -0.444 e. The van der Waals surface area contributed by atoms with Crippen LogP contribution in [0, 0.1) is 0 Å². The van der Waals surface area contributed by atoms with Gasteiger partial charge in [-0.1, -0.05) is 0 Å². The zero-order chi connectivity index (χ0) is 13.9. The van der Waals surface area contributed by atoms with E-state index in [2.05, 4.69) is 0 Å². The largest absolute Gasteiger partial charge is 0.444 e. The zero-order valence-electron chi connectivity index (χ0n) is 12.2. The van der Waals surface area contributed by atoms with Crippen molar-refractivity contribution in [2.45, 2.75) is 57.8 Å². The maximum absolute atomic E-state index is 12.2. The third-order valence-corrected chi connectivity index (χ3v) is 3.27. The number of likely N-dealkylation sites (tertiary alicyclic amines) is 1. The van der Waals surface area contributed by atoms with Gasteiger partial charge in [0.05, 0.1) is 25.9 Å². The summed E-state index contributed by atoms with van der Waals surface area (Å²) in [6, 6.07) is 0.141. The Morgan fingerprint density at radius 2 is 2.05 bits per heavy atom. The van der Waals surface area contributed by atoms with Crippen LogP contribution in [-0.4, -0.2) is 55.1 Å². The second-order valence-corrected chi connectivity index (χ2v) is 6.32. The first-order chi connectivity index (χ1) is 8.96. The van der Waals surface area contributed by atoms with Gasteiger partial charge in [0, 0.05) is 6.54 Å². The molecule has 0 aromatic rings. The lowest BCUT2D eigenvalue weighted by Crippen LogP contribution is -2.48. The van der Waals surface area contributed by atoms with Crippen molar-refractivity contribution in [3.63, 3.8) is 0 Å². The Labute approximate surface area is 115 Å². The van der Waals surface area contributed by atoms with E-state index in [4.69, 9.17) is 14.2 Å². The van der Waals surface area contributed by atoms with E-state index >= 15 is 0 Å². The molecule has 0 N–H and O–H groups in total. The Balaban J connectivity index is 1.81. The summed E-state index contributed by atoms with van der Waals surface area (Å²) in [5.41, 5.74) is -0.443. The summed E-state index contributed by atoms with van der Waals surface area (Å²) in [4.78, 5) is 14.0. The van der Waals surface area contributed by atoms with Crippen LogP contribution in [0.15, 0.2) is 0 Å². The highest BCUT2D eigenvalue weighted by Crippen LogP contribution is 2.21. The minimum atomic E-state index is -0.443. The summed E-state index contributed by atoms with van der Waals surface area (Å²) in [6.07, 6.45) is 3.24. The van der Waals surface area contributed by atoms with Gasteiger partial charge in [-0.25, -0.2) is 4.79 Å². The first kappa shape index (κ1) is 14.6. The molecule has 0 aliphatic carbocycles. The molecule has 19 heavy (non-hydrogen) atoms. The molecule has 2 aliphatic rings. The molecule has 0 aromatic heterocycles. The third kappa shape index (κ3) is 4.99. The standard InChI is InChI=1S/C14H25NO4/c1-14(2,3)19-13(16)15-7-5-4-6-11(15)8-17-9-12-10-18-12/h11-12H,4-10H2,1-3H3/t11-,12+/m0/s1. The average molecular weight is 271 g/mol. The number of carbonyl (C=O) groups is 1. The summed E-state index contributed by atoms with van der Waals surface area (Å²) in [7, 11) is 0. The van der Waals surface area contributed by atoms with Gasteiger partial charge in [-0.15, -0.1) is 0 Å². The van der Waals surface area contributed by atoms with Gasteiger partial charge in [0.1, 0.15) is 11.7 Å². The van der Waals surface area contributed by atoms with E-state index < -0.39 is 5.60 Å². The fourth-order valence-corrected chi connectivity index (χ4v) is 2.23. The quantitative estimate of drug-likeness (QED) is 0.735. The molecule has 5 nitrogen and oxygen atoms in total. The van der Waals surface area contributed by atoms with Gasteiger partial charge in [-0.3, -0.25) is 0 Å². The van der Waals surface area contributed by atoms with Crippen molar-refractivity contribution < 1.29 is 19.0 Å². The Kier molecular flexibility index (Phi) is 4.68. The van der Waals surface area contributed by atoms with Crippen molar-refractivity contribution in [3.8, 4) is 0 Å². The predicted octanol–water partition coefficient (Wildman–Crippen LogP) is 2.19. The molecule has 2 aliphatic heterocycles. The number of epoxide rings is 1. The van der Waals surface area contributed by atoms with Gasteiger partial charge < -0.3 is 19.1 Å². The highest BCUT2D eigenvalue weighted by Gasteiger charge is 2.31. The zero-order valence-corrected chi connectivity index (χ0v) is 12.2. The van der Waals surface area contributed by atoms with Gasteiger partial charge in [0.15, 0.2) is 0 Å². The number of hydrogen-bond acceptors (Lipinski definition) is 4. The Morgan fingerprint density at radius 3 is 2.68 bits per heavy atom. The second kappa shape index (κ2) is 6.09. The van der Waals surface area contributed by atoms with Crippen LogP contribution in [0.2, 0.25) is 0 Å². The first-order valence-electron chi connectivity index (χ1n) is 7.15. The molecule has 110 valence electrons. The number of rotatable bonds is 4. The maximum Gasteiger partial charge on any atom is 0.410 e. The predicted molar refractivity (Wildman–Crippen MR) is 71.1 cm³/mol. The maximum atomic E-state index is 12.2. The van der Waals surface area contributed by atoms with Crippen LogP contribution in [0.5, 0.6) is 0 Å². The van der Waals surface area contributed by atoms with E-state index in [0.29, 0.717) is 13.2 Å². The third-order valence-electron chi connectivity index (χ3n) is 3.27. The van der Waals surface area contributed by atoms with E-state index in [-0.39, 0.29) is 18.2 Å². The number of piperidine rings is 1. The average Bonchev–Trinajstić information content (AvgIpc) is 3.11. The SMILES string of the molecule is CC(C)(C)OC(=O)N1CCCC[C@H]1COC[C@@H]1CO1. The van der Waals surface area contributed by atoms with Crippen LogP contribution in [0.4, 0.5) is 4.79 Å². The molecule has 0 unspecified atom stereocenters. The normalized spacial score (nSPS) is 27.2. The van der Waals surface area contributed by atoms with Crippen LogP contribution in [0.3, 0.4) is 0 Å². The lowest BCUT2D eigenvalue weighted by Gasteiger charge is -2.36. The van der Waals surface area contributed by atoms with E-state index in [0.717, 1.165) is 32.4 Å². The summed E-state index contributed by atoms with van der Waals surface area (Å²) in [5, 5.41) is 0. The highest BCUT2D eigenvalue weighted by molar-refractivity contribution is 5.68. The van der Waals surface area contributed by atoms with Gasteiger partial charge in [0.2, 0.25) is 0 Å². The molecule has 2 rings (SSSR count). The van der Waals surface area contributed by atoms with Crippen LogP contribution in [0.1, 0.15) is 40.0 Å². The summed E-state index contributed by atoms with van der Waals surface area (Å²) < 4.78 is 16.2. The Hall–Kier alpha value is -0.810. The van der Waals surface area contributed by atoms with E-state index in [1.165, 1.54) is 0 Å². The molecule has 1 amide bonds. The number of carbonyl (C=O) groups excluding carboxylic acids is 1. The molecule has 2 atom stereocenters. The van der Waals surface area contributed by atoms with Crippen LogP contribution >= 0.6 is 0 Å². The molecule has 2 fully saturated rings. The Morgan fingerprint density at radius 1 is 1.32 bits per heavy atom. The summed E-state index contributed by atoms with van der Waals surface area (Å²) in [6.45, 7) is 8.47. The van der Waals surface area contributed by atoms with Crippen molar-refractivity contribution in [1.29, 1.82) is 0 Å². The van der Waals surface area contributed by atoms with Crippen molar-refractivity contribution >= 4 is 6.09 Å². The van der Waals surface area contributed by atoms with Crippen molar-refractivity contribution in [1.82, 2.24) is 4.90 Å². The molecule has 0 aromatic carbocycles. The van der Waals surface area contributed by atoms with Gasteiger partial charge in [-0.2, -0.15) is 0 Å². The molecule has 5 heteroatoms. The number of hydrogen-bond donors (Lipinski definition) is 0. The second-order valence-electron chi connectivity index (χ2n) is 6.32. The van der Waals surface area contributed by atoms with E-state index in [9.17, 15) is 4.79 Å². The highest BCUT2D eigenvalue weighted by atomic mass is 16.6. The molecule has 0 bridgehead atoms. The van der Waals surface area contributed by atoms with Crippen molar-refractivity contribution in [2.75, 3.05) is 26.4 Å².